The van der Waals surface area contributed by atoms with Gasteiger partial charge in [-0.1, -0.05) is 18.2 Å². The molecule has 0 radical (unpaired) electrons. The van der Waals surface area contributed by atoms with E-state index < -0.39 is 10.0 Å². The van der Waals surface area contributed by atoms with E-state index in [2.05, 4.69) is 19.8 Å². The van der Waals surface area contributed by atoms with Crippen LogP contribution in [0.3, 0.4) is 0 Å². The van der Waals surface area contributed by atoms with Crippen LogP contribution in [0, 0.1) is 0 Å². The van der Waals surface area contributed by atoms with Crippen molar-refractivity contribution in [1.29, 1.82) is 0 Å². The SMILES string of the molecule is O=S(=O)(Nc1ncn(-c2ccccc2)n1)c1cccnc1. The van der Waals surface area contributed by atoms with E-state index in [-0.39, 0.29) is 10.8 Å². The molecule has 0 unspecified atom stereocenters. The van der Waals surface area contributed by atoms with E-state index in [1.807, 2.05) is 30.3 Å². The highest BCUT2D eigenvalue weighted by Gasteiger charge is 2.16. The molecule has 3 rings (SSSR count). The first-order valence-corrected chi connectivity index (χ1v) is 7.53. The molecular weight excluding hydrogens is 290 g/mol. The molecule has 2 aromatic heterocycles. The zero-order valence-electron chi connectivity index (χ0n) is 10.8. The molecule has 3 aromatic rings. The predicted molar refractivity (Wildman–Crippen MR) is 76.4 cm³/mol. The van der Waals surface area contributed by atoms with Crippen molar-refractivity contribution in [3.05, 3.63) is 61.2 Å². The smallest absolute Gasteiger partial charge is 0.263 e. The lowest BCUT2D eigenvalue weighted by Crippen LogP contribution is -2.14. The molecule has 0 aliphatic rings. The number of anilines is 1. The third-order valence-electron chi connectivity index (χ3n) is 2.68. The third-order valence-corrected chi connectivity index (χ3v) is 4.00. The fourth-order valence-corrected chi connectivity index (χ4v) is 2.61. The second-order valence-electron chi connectivity index (χ2n) is 4.14. The molecule has 0 saturated carbocycles. The number of sulfonamides is 1. The third kappa shape index (κ3) is 2.90. The van der Waals surface area contributed by atoms with Crippen LogP contribution in [-0.4, -0.2) is 28.2 Å². The van der Waals surface area contributed by atoms with Crippen molar-refractivity contribution in [3.63, 3.8) is 0 Å². The molecule has 0 aliphatic heterocycles. The summed E-state index contributed by atoms with van der Waals surface area (Å²) in [7, 11) is -3.73. The van der Waals surface area contributed by atoms with E-state index >= 15 is 0 Å². The second kappa shape index (κ2) is 5.33. The minimum Gasteiger partial charge on any atom is -0.263 e. The fourth-order valence-electron chi connectivity index (χ4n) is 1.70. The van der Waals surface area contributed by atoms with Crippen LogP contribution in [0.2, 0.25) is 0 Å². The number of benzene rings is 1. The first-order valence-electron chi connectivity index (χ1n) is 6.05. The molecule has 106 valence electrons. The Morgan fingerprint density at radius 2 is 1.86 bits per heavy atom. The van der Waals surface area contributed by atoms with Crippen LogP contribution in [0.5, 0.6) is 0 Å². The van der Waals surface area contributed by atoms with Gasteiger partial charge in [0.1, 0.15) is 11.2 Å². The minimum atomic E-state index is -3.73. The maximum atomic E-state index is 12.1. The van der Waals surface area contributed by atoms with E-state index in [4.69, 9.17) is 0 Å². The van der Waals surface area contributed by atoms with Gasteiger partial charge in [-0.25, -0.2) is 17.8 Å². The van der Waals surface area contributed by atoms with Crippen molar-refractivity contribution in [2.75, 3.05) is 4.72 Å². The van der Waals surface area contributed by atoms with Crippen molar-refractivity contribution < 1.29 is 8.42 Å². The Kier molecular flexibility index (Phi) is 3.36. The molecule has 8 heteroatoms. The summed E-state index contributed by atoms with van der Waals surface area (Å²) in [5.41, 5.74) is 0.789. The van der Waals surface area contributed by atoms with Crippen molar-refractivity contribution in [2.45, 2.75) is 4.90 Å². The van der Waals surface area contributed by atoms with Gasteiger partial charge in [-0.15, -0.1) is 5.10 Å². The van der Waals surface area contributed by atoms with Crippen LogP contribution in [0.25, 0.3) is 5.69 Å². The normalized spacial score (nSPS) is 11.2. The van der Waals surface area contributed by atoms with Gasteiger partial charge in [-0.05, 0) is 24.3 Å². The highest BCUT2D eigenvalue weighted by molar-refractivity contribution is 7.92. The first kappa shape index (κ1) is 13.3. The number of aromatic nitrogens is 4. The number of pyridine rings is 1. The topological polar surface area (TPSA) is 89.8 Å². The van der Waals surface area contributed by atoms with E-state index in [1.165, 1.54) is 29.5 Å². The molecule has 0 atom stereocenters. The summed E-state index contributed by atoms with van der Waals surface area (Å²) in [6.45, 7) is 0. The Balaban J connectivity index is 1.85. The van der Waals surface area contributed by atoms with Gasteiger partial charge in [-0.3, -0.25) is 4.98 Å². The molecule has 0 spiro atoms. The van der Waals surface area contributed by atoms with Gasteiger partial charge in [0.2, 0.25) is 0 Å². The standard InChI is InChI=1S/C13H11N5O2S/c19-21(20,12-7-4-8-14-9-12)17-13-15-10-18(16-13)11-5-2-1-3-6-11/h1-10H,(H,16,17). The highest BCUT2D eigenvalue weighted by atomic mass is 32.2. The zero-order valence-corrected chi connectivity index (χ0v) is 11.6. The minimum absolute atomic E-state index is 0.00251. The van der Waals surface area contributed by atoms with Crippen molar-refractivity contribution in [2.24, 2.45) is 0 Å². The Bertz CT molecular complexity index is 831. The van der Waals surface area contributed by atoms with E-state index in [0.717, 1.165) is 5.69 Å². The zero-order chi connectivity index (χ0) is 14.7. The summed E-state index contributed by atoms with van der Waals surface area (Å²) in [6.07, 6.45) is 4.20. The second-order valence-corrected chi connectivity index (χ2v) is 5.82. The number of nitrogens with one attached hydrogen (secondary N) is 1. The first-order chi connectivity index (χ1) is 10.1. The van der Waals surface area contributed by atoms with Gasteiger partial charge in [0.05, 0.1) is 5.69 Å². The van der Waals surface area contributed by atoms with Crippen LogP contribution in [-0.2, 0) is 10.0 Å². The summed E-state index contributed by atoms with van der Waals surface area (Å²) >= 11 is 0. The van der Waals surface area contributed by atoms with Gasteiger partial charge in [0.15, 0.2) is 0 Å². The maximum Gasteiger partial charge on any atom is 0.265 e. The number of hydrogen-bond acceptors (Lipinski definition) is 5. The molecule has 1 N–H and O–H groups in total. The molecule has 0 saturated heterocycles. The van der Waals surface area contributed by atoms with Gasteiger partial charge in [0, 0.05) is 12.4 Å². The fraction of sp³-hybridized carbons (Fsp3) is 0. The van der Waals surface area contributed by atoms with E-state index in [1.54, 1.807) is 6.07 Å². The number of para-hydroxylation sites is 1. The molecule has 0 bridgehead atoms. The molecule has 1 aromatic carbocycles. The number of hydrogen-bond donors (Lipinski definition) is 1. The summed E-state index contributed by atoms with van der Waals surface area (Å²) in [6, 6.07) is 12.3. The lowest BCUT2D eigenvalue weighted by atomic mass is 10.3. The summed E-state index contributed by atoms with van der Waals surface area (Å²) in [5.74, 6) is 0.00251. The van der Waals surface area contributed by atoms with Crippen LogP contribution in [0.4, 0.5) is 5.95 Å². The summed E-state index contributed by atoms with van der Waals surface area (Å²) in [4.78, 5) is 7.78. The van der Waals surface area contributed by atoms with Gasteiger partial charge in [0.25, 0.3) is 16.0 Å². The lowest BCUT2D eigenvalue weighted by molar-refractivity contribution is 0.600. The van der Waals surface area contributed by atoms with Gasteiger partial charge < -0.3 is 0 Å². The van der Waals surface area contributed by atoms with Gasteiger partial charge >= 0.3 is 0 Å². The largest absolute Gasteiger partial charge is 0.265 e. The molecule has 0 amide bonds. The molecule has 21 heavy (non-hydrogen) atoms. The molecular formula is C13H11N5O2S. The number of rotatable bonds is 4. The van der Waals surface area contributed by atoms with Crippen LogP contribution in [0.15, 0.2) is 66.1 Å². The maximum absolute atomic E-state index is 12.1. The van der Waals surface area contributed by atoms with Crippen LogP contribution < -0.4 is 4.72 Å². The van der Waals surface area contributed by atoms with Crippen molar-refractivity contribution in [3.8, 4) is 5.69 Å². The highest BCUT2D eigenvalue weighted by Crippen LogP contribution is 2.12. The summed E-state index contributed by atoms with van der Waals surface area (Å²) in [5, 5.41) is 4.09. The molecule has 0 fully saturated rings. The quantitative estimate of drug-likeness (QED) is 0.788. The molecule has 7 nitrogen and oxygen atoms in total. The Morgan fingerprint density at radius 1 is 1.05 bits per heavy atom. The van der Waals surface area contributed by atoms with Crippen molar-refractivity contribution in [1.82, 2.24) is 19.7 Å². The summed E-state index contributed by atoms with van der Waals surface area (Å²) < 4.78 is 28.0. The predicted octanol–water partition coefficient (Wildman–Crippen LogP) is 1.46. The van der Waals surface area contributed by atoms with E-state index in [9.17, 15) is 8.42 Å². The monoisotopic (exact) mass is 301 g/mol. The average molecular weight is 301 g/mol. The average Bonchev–Trinajstić information content (AvgIpc) is 2.97. The van der Waals surface area contributed by atoms with Crippen LogP contribution in [0.1, 0.15) is 0 Å². The Labute approximate surface area is 121 Å². The van der Waals surface area contributed by atoms with Crippen molar-refractivity contribution >= 4 is 16.0 Å². The Hall–Kier alpha value is -2.74. The molecule has 0 aliphatic carbocycles. The number of nitrogens with zero attached hydrogens (tertiary/aromatic N) is 4. The van der Waals surface area contributed by atoms with Crippen LogP contribution >= 0.6 is 0 Å². The molecule has 2 heterocycles. The Morgan fingerprint density at radius 3 is 2.57 bits per heavy atom. The van der Waals surface area contributed by atoms with E-state index in [0.29, 0.717) is 0 Å². The lowest BCUT2D eigenvalue weighted by Gasteiger charge is -2.03. The van der Waals surface area contributed by atoms with Gasteiger partial charge in [-0.2, -0.15) is 4.98 Å².